The molecule has 0 spiro atoms. The molecule has 0 aliphatic carbocycles. The molecule has 0 aliphatic heterocycles. The van der Waals surface area contributed by atoms with Gasteiger partial charge in [-0.25, -0.2) is 0 Å². The van der Waals surface area contributed by atoms with E-state index < -0.39 is 10.4 Å². The van der Waals surface area contributed by atoms with E-state index in [1.165, 1.54) is 25.3 Å². The Hall–Kier alpha value is -0.810. The molecule has 0 saturated heterocycles. The smallest absolute Gasteiger partial charge is 0.370 e. The average Bonchev–Trinajstić information content (AvgIpc) is 2.14. The molecule has 88 valence electrons. The molecular weight excluding hydrogens is 216 g/mol. The monoisotopic (exact) mass is 234 g/mol. The molecule has 0 heterocycles. The molecule has 0 aromatic carbocycles. The number of allylic oxidation sites excluding steroid dienone is 3. The van der Waals surface area contributed by atoms with E-state index in [4.69, 9.17) is 4.55 Å². The standard InChI is InChI=1S/C10H18O4S/c1-2-3-4-5-6-7-8-9-10-14-15(11,12)13/h7-10H,2-6H2,1H3,(H,11,12,13). The van der Waals surface area contributed by atoms with E-state index in [1.54, 1.807) is 6.08 Å². The maximum absolute atomic E-state index is 10.1. The first-order valence-electron chi connectivity index (χ1n) is 5.03. The number of rotatable bonds is 8. The Balaban J connectivity index is 3.46. The maximum Gasteiger partial charge on any atom is 0.445 e. The molecule has 0 saturated carbocycles. The lowest BCUT2D eigenvalue weighted by atomic mass is 10.1. The first kappa shape index (κ1) is 14.2. The number of hydrogen-bond acceptors (Lipinski definition) is 3. The zero-order valence-electron chi connectivity index (χ0n) is 8.93. The van der Waals surface area contributed by atoms with E-state index in [1.807, 2.05) is 6.08 Å². The summed E-state index contributed by atoms with van der Waals surface area (Å²) in [5.74, 6) is 0. The van der Waals surface area contributed by atoms with Crippen molar-refractivity contribution >= 4 is 10.4 Å². The van der Waals surface area contributed by atoms with Gasteiger partial charge in [-0.05, 0) is 18.9 Å². The van der Waals surface area contributed by atoms with E-state index in [0.29, 0.717) is 0 Å². The van der Waals surface area contributed by atoms with Crippen molar-refractivity contribution in [1.82, 2.24) is 0 Å². The summed E-state index contributed by atoms with van der Waals surface area (Å²) in [6.45, 7) is 2.16. The van der Waals surface area contributed by atoms with Crippen LogP contribution in [-0.4, -0.2) is 13.0 Å². The van der Waals surface area contributed by atoms with Crippen LogP contribution in [-0.2, 0) is 14.6 Å². The van der Waals surface area contributed by atoms with Crippen molar-refractivity contribution in [3.63, 3.8) is 0 Å². The van der Waals surface area contributed by atoms with Gasteiger partial charge in [-0.2, -0.15) is 8.42 Å². The normalized spacial score (nSPS) is 12.7. The summed E-state index contributed by atoms with van der Waals surface area (Å²) in [6, 6.07) is 0. The SMILES string of the molecule is CCCCCCC=CC=COS(=O)(=O)O. The molecule has 0 unspecified atom stereocenters. The van der Waals surface area contributed by atoms with Crippen LogP contribution in [0.4, 0.5) is 0 Å². The summed E-state index contributed by atoms with van der Waals surface area (Å²) < 4.78 is 32.4. The third kappa shape index (κ3) is 13.2. The highest BCUT2D eigenvalue weighted by molar-refractivity contribution is 7.81. The predicted octanol–water partition coefficient (Wildman–Crippen LogP) is 2.85. The molecule has 0 bridgehead atoms. The van der Waals surface area contributed by atoms with E-state index >= 15 is 0 Å². The second-order valence-corrected chi connectivity index (χ2v) is 4.18. The summed E-state index contributed by atoms with van der Waals surface area (Å²) in [7, 11) is -4.35. The van der Waals surface area contributed by atoms with Crippen LogP contribution in [0, 0.1) is 0 Å². The molecule has 1 N–H and O–H groups in total. The molecule has 0 amide bonds. The highest BCUT2D eigenvalue weighted by Crippen LogP contribution is 2.02. The summed E-state index contributed by atoms with van der Waals surface area (Å²) in [5.41, 5.74) is 0. The summed E-state index contributed by atoms with van der Waals surface area (Å²) >= 11 is 0. The third-order valence-electron chi connectivity index (χ3n) is 1.73. The molecule has 0 rings (SSSR count). The molecule has 0 aromatic rings. The van der Waals surface area contributed by atoms with Crippen LogP contribution in [0.5, 0.6) is 0 Å². The molecular formula is C10H18O4S. The molecule has 15 heavy (non-hydrogen) atoms. The van der Waals surface area contributed by atoms with Crippen molar-refractivity contribution in [2.45, 2.75) is 39.0 Å². The van der Waals surface area contributed by atoms with Crippen molar-refractivity contribution in [2.75, 3.05) is 0 Å². The average molecular weight is 234 g/mol. The van der Waals surface area contributed by atoms with Gasteiger partial charge in [0.05, 0.1) is 0 Å². The van der Waals surface area contributed by atoms with E-state index in [0.717, 1.165) is 19.1 Å². The molecule has 5 heteroatoms. The third-order valence-corrected chi connectivity index (χ3v) is 2.08. The minimum atomic E-state index is -4.35. The second kappa shape index (κ2) is 8.49. The predicted molar refractivity (Wildman–Crippen MR) is 59.7 cm³/mol. The zero-order chi connectivity index (χ0) is 11.6. The second-order valence-electron chi connectivity index (χ2n) is 3.13. The van der Waals surface area contributed by atoms with Crippen LogP contribution in [0.2, 0.25) is 0 Å². The van der Waals surface area contributed by atoms with Gasteiger partial charge in [-0.15, -0.1) is 0 Å². The minimum absolute atomic E-state index is 0.928. The van der Waals surface area contributed by atoms with Gasteiger partial charge in [0.1, 0.15) is 6.26 Å². The Kier molecular flexibility index (Phi) is 8.04. The fourth-order valence-corrected chi connectivity index (χ4v) is 1.22. The van der Waals surface area contributed by atoms with Gasteiger partial charge in [0.25, 0.3) is 0 Å². The van der Waals surface area contributed by atoms with Gasteiger partial charge in [-0.1, -0.05) is 38.3 Å². The van der Waals surface area contributed by atoms with E-state index in [2.05, 4.69) is 11.1 Å². The highest BCUT2D eigenvalue weighted by Gasteiger charge is 1.97. The topological polar surface area (TPSA) is 63.6 Å². The van der Waals surface area contributed by atoms with E-state index in [9.17, 15) is 8.42 Å². The van der Waals surface area contributed by atoms with Gasteiger partial charge in [0.15, 0.2) is 0 Å². The number of hydrogen-bond donors (Lipinski definition) is 1. The van der Waals surface area contributed by atoms with Gasteiger partial charge in [-0.3, -0.25) is 4.55 Å². The van der Waals surface area contributed by atoms with Crippen LogP contribution in [0.15, 0.2) is 24.5 Å². The van der Waals surface area contributed by atoms with Crippen molar-refractivity contribution < 1.29 is 17.2 Å². The molecule has 0 atom stereocenters. The van der Waals surface area contributed by atoms with Crippen LogP contribution in [0.1, 0.15) is 39.0 Å². The molecule has 0 aromatic heterocycles. The molecule has 0 radical (unpaired) electrons. The molecule has 4 nitrogen and oxygen atoms in total. The van der Waals surface area contributed by atoms with Crippen molar-refractivity contribution in [3.05, 3.63) is 24.5 Å². The van der Waals surface area contributed by atoms with Gasteiger partial charge in [0.2, 0.25) is 0 Å². The Morgan fingerprint density at radius 3 is 2.53 bits per heavy atom. The fraction of sp³-hybridized carbons (Fsp3) is 0.600. The first-order chi connectivity index (χ1) is 7.06. The largest absolute Gasteiger partial charge is 0.445 e. The summed E-state index contributed by atoms with van der Waals surface area (Å²) in [4.78, 5) is 0. The van der Waals surface area contributed by atoms with Gasteiger partial charge in [0, 0.05) is 0 Å². The fourth-order valence-electron chi connectivity index (χ4n) is 1.01. The van der Waals surface area contributed by atoms with Crippen LogP contribution < -0.4 is 0 Å². The van der Waals surface area contributed by atoms with E-state index in [-0.39, 0.29) is 0 Å². The quantitative estimate of drug-likeness (QED) is 0.303. The lowest BCUT2D eigenvalue weighted by Crippen LogP contribution is -1.96. The van der Waals surface area contributed by atoms with Crippen molar-refractivity contribution in [1.29, 1.82) is 0 Å². The van der Waals surface area contributed by atoms with Crippen molar-refractivity contribution in [3.8, 4) is 0 Å². The lowest BCUT2D eigenvalue weighted by Gasteiger charge is -1.93. The van der Waals surface area contributed by atoms with Crippen LogP contribution >= 0.6 is 0 Å². The van der Waals surface area contributed by atoms with Crippen LogP contribution in [0.25, 0.3) is 0 Å². The highest BCUT2D eigenvalue weighted by atomic mass is 32.3. The Morgan fingerprint density at radius 2 is 1.93 bits per heavy atom. The Bertz CT molecular complexity index is 291. The minimum Gasteiger partial charge on any atom is -0.370 e. The molecule has 0 aliphatic rings. The lowest BCUT2D eigenvalue weighted by molar-refractivity contribution is 0.356. The van der Waals surface area contributed by atoms with Gasteiger partial charge >= 0.3 is 10.4 Å². The van der Waals surface area contributed by atoms with Crippen LogP contribution in [0.3, 0.4) is 0 Å². The summed E-state index contributed by atoms with van der Waals surface area (Å²) in [5, 5.41) is 0. The molecule has 0 fully saturated rings. The Labute approximate surface area is 91.6 Å². The van der Waals surface area contributed by atoms with Crippen molar-refractivity contribution in [2.24, 2.45) is 0 Å². The maximum atomic E-state index is 10.1. The zero-order valence-corrected chi connectivity index (χ0v) is 9.74. The number of unbranched alkanes of at least 4 members (excludes halogenated alkanes) is 4. The van der Waals surface area contributed by atoms with Gasteiger partial charge < -0.3 is 4.18 Å². The summed E-state index contributed by atoms with van der Waals surface area (Å²) in [6.07, 6.45) is 11.8. The first-order valence-corrected chi connectivity index (χ1v) is 6.40. The Morgan fingerprint density at radius 1 is 1.20 bits per heavy atom.